The van der Waals surface area contributed by atoms with E-state index in [1.165, 1.54) is 22.3 Å². The Kier molecular flexibility index (Phi) is 2.25. The van der Waals surface area contributed by atoms with Gasteiger partial charge in [-0.2, -0.15) is 10.5 Å². The zero-order valence-electron chi connectivity index (χ0n) is 10.0. The smallest absolute Gasteiger partial charge is 0.0967 e. The molecule has 0 saturated heterocycles. The first kappa shape index (κ1) is 10.7. The van der Waals surface area contributed by atoms with Gasteiger partial charge in [0, 0.05) is 11.8 Å². The summed E-state index contributed by atoms with van der Waals surface area (Å²) in [6.07, 6.45) is 0. The fourth-order valence-electron chi connectivity index (χ4n) is 2.99. The van der Waals surface area contributed by atoms with E-state index in [9.17, 15) is 10.5 Å². The van der Waals surface area contributed by atoms with E-state index in [0.29, 0.717) is 11.1 Å². The Morgan fingerprint density at radius 3 is 1.12 bits per heavy atom. The van der Waals surface area contributed by atoms with Crippen LogP contribution >= 0.6 is 0 Å². The third kappa shape index (κ3) is 1.05. The van der Waals surface area contributed by atoms with Crippen molar-refractivity contribution in [2.24, 2.45) is 11.8 Å². The molecule has 0 radical (unpaired) electrons. The Morgan fingerprint density at radius 1 is 0.688 bits per heavy atom. The third-order valence-corrected chi connectivity index (χ3v) is 4.08. The first-order valence-corrected chi connectivity index (χ1v) is 5.43. The Labute approximate surface area is 96.2 Å². The first-order chi connectivity index (χ1) is 7.54. The Hall–Kier alpha value is -1.80. The lowest BCUT2D eigenvalue weighted by Crippen LogP contribution is -2.29. The largest absolute Gasteiger partial charge is 0.193 e. The van der Waals surface area contributed by atoms with Gasteiger partial charge in [0.1, 0.15) is 0 Å². The summed E-state index contributed by atoms with van der Waals surface area (Å²) in [5.41, 5.74) is 6.34. The standard InChI is InChI=1S/C14H14N2/c1-7-8(2)14-10(4)9(3)13(7)11(5-15)12(14)6-16/h13-14H,1-4H3. The molecular formula is C14H14N2. The van der Waals surface area contributed by atoms with Crippen LogP contribution in [0.4, 0.5) is 0 Å². The maximum atomic E-state index is 9.22. The van der Waals surface area contributed by atoms with E-state index in [4.69, 9.17) is 0 Å². The molecule has 0 aliphatic heterocycles. The highest BCUT2D eigenvalue weighted by Gasteiger charge is 2.40. The number of allylic oxidation sites excluding steroid dienone is 6. The Morgan fingerprint density at radius 2 is 0.938 bits per heavy atom. The molecule has 0 aromatic carbocycles. The van der Waals surface area contributed by atoms with E-state index in [0.717, 1.165) is 0 Å². The van der Waals surface area contributed by atoms with Crippen molar-refractivity contribution in [2.45, 2.75) is 27.7 Å². The molecule has 0 amide bonds. The lowest BCUT2D eigenvalue weighted by molar-refractivity contribution is 0.649. The van der Waals surface area contributed by atoms with Gasteiger partial charge in [-0.15, -0.1) is 0 Å². The summed E-state index contributed by atoms with van der Waals surface area (Å²) in [5, 5.41) is 18.4. The van der Waals surface area contributed by atoms with Crippen molar-refractivity contribution in [3.8, 4) is 12.1 Å². The van der Waals surface area contributed by atoms with Crippen LogP contribution in [0.5, 0.6) is 0 Å². The summed E-state index contributed by atoms with van der Waals surface area (Å²) >= 11 is 0. The van der Waals surface area contributed by atoms with Gasteiger partial charge in [0.15, 0.2) is 0 Å². The summed E-state index contributed by atoms with van der Waals surface area (Å²) in [7, 11) is 0. The van der Waals surface area contributed by atoms with Crippen LogP contribution in [-0.4, -0.2) is 0 Å². The molecule has 16 heavy (non-hydrogen) atoms. The number of nitrogens with zero attached hydrogens (tertiary/aromatic N) is 2. The minimum atomic E-state index is 0.0599. The minimum Gasteiger partial charge on any atom is -0.193 e. The number of rotatable bonds is 0. The van der Waals surface area contributed by atoms with E-state index in [1.54, 1.807) is 0 Å². The molecule has 0 aromatic heterocycles. The fourth-order valence-corrected chi connectivity index (χ4v) is 2.99. The predicted octanol–water partition coefficient (Wildman–Crippen LogP) is 3.26. The number of hydrogen-bond donors (Lipinski definition) is 0. The van der Waals surface area contributed by atoms with Crippen LogP contribution < -0.4 is 0 Å². The second-order valence-corrected chi connectivity index (χ2v) is 4.65. The third-order valence-electron chi connectivity index (χ3n) is 4.08. The van der Waals surface area contributed by atoms with Crippen LogP contribution in [0.3, 0.4) is 0 Å². The maximum absolute atomic E-state index is 9.22. The summed E-state index contributed by atoms with van der Waals surface area (Å²) in [6.45, 7) is 8.31. The van der Waals surface area contributed by atoms with Crippen molar-refractivity contribution in [2.75, 3.05) is 0 Å². The van der Waals surface area contributed by atoms with Crippen LogP contribution in [-0.2, 0) is 0 Å². The van der Waals surface area contributed by atoms with Gasteiger partial charge in [0.2, 0.25) is 0 Å². The molecule has 80 valence electrons. The second-order valence-electron chi connectivity index (χ2n) is 4.65. The van der Waals surface area contributed by atoms with Crippen LogP contribution in [0, 0.1) is 34.5 Å². The van der Waals surface area contributed by atoms with Crippen molar-refractivity contribution in [3.63, 3.8) is 0 Å². The average molecular weight is 210 g/mol. The van der Waals surface area contributed by atoms with Crippen LogP contribution in [0.2, 0.25) is 0 Å². The van der Waals surface area contributed by atoms with Gasteiger partial charge in [-0.25, -0.2) is 0 Å². The molecule has 0 N–H and O–H groups in total. The monoisotopic (exact) mass is 210 g/mol. The van der Waals surface area contributed by atoms with Crippen molar-refractivity contribution in [3.05, 3.63) is 33.4 Å². The van der Waals surface area contributed by atoms with E-state index in [2.05, 4.69) is 39.8 Å². The molecule has 3 aliphatic carbocycles. The quantitative estimate of drug-likeness (QED) is 0.576. The number of hydrogen-bond acceptors (Lipinski definition) is 2. The summed E-state index contributed by atoms with van der Waals surface area (Å²) in [4.78, 5) is 0. The Balaban J connectivity index is 2.73. The normalized spacial score (nSPS) is 28.4. The first-order valence-electron chi connectivity index (χ1n) is 5.43. The zero-order chi connectivity index (χ0) is 12.0. The highest BCUT2D eigenvalue weighted by molar-refractivity contribution is 5.61. The van der Waals surface area contributed by atoms with E-state index >= 15 is 0 Å². The van der Waals surface area contributed by atoms with Gasteiger partial charge in [-0.1, -0.05) is 22.3 Å². The molecule has 0 saturated carbocycles. The van der Waals surface area contributed by atoms with Gasteiger partial charge < -0.3 is 0 Å². The molecule has 0 unspecified atom stereocenters. The second kappa shape index (κ2) is 3.35. The van der Waals surface area contributed by atoms with E-state index in [-0.39, 0.29) is 11.8 Å². The van der Waals surface area contributed by atoms with Gasteiger partial charge >= 0.3 is 0 Å². The highest BCUT2D eigenvalue weighted by atomic mass is 14.4. The summed E-state index contributed by atoms with van der Waals surface area (Å²) in [6, 6.07) is 4.45. The van der Waals surface area contributed by atoms with Gasteiger partial charge in [0.25, 0.3) is 0 Å². The van der Waals surface area contributed by atoms with E-state index in [1.807, 2.05) is 0 Å². The van der Waals surface area contributed by atoms with Gasteiger partial charge in [-0.05, 0) is 27.7 Å². The zero-order valence-corrected chi connectivity index (χ0v) is 10.0. The average Bonchev–Trinajstić information content (AvgIpc) is 2.28. The van der Waals surface area contributed by atoms with Crippen molar-refractivity contribution >= 4 is 0 Å². The van der Waals surface area contributed by atoms with Crippen LogP contribution in [0.15, 0.2) is 33.4 Å². The molecule has 0 atom stereocenters. The predicted molar refractivity (Wildman–Crippen MR) is 62.0 cm³/mol. The van der Waals surface area contributed by atoms with Crippen molar-refractivity contribution < 1.29 is 0 Å². The molecule has 0 fully saturated rings. The summed E-state index contributed by atoms with van der Waals surface area (Å²) in [5.74, 6) is 0.120. The highest BCUT2D eigenvalue weighted by Crippen LogP contribution is 2.50. The van der Waals surface area contributed by atoms with Gasteiger partial charge in [-0.3, -0.25) is 0 Å². The van der Waals surface area contributed by atoms with Crippen molar-refractivity contribution in [1.29, 1.82) is 10.5 Å². The molecule has 0 spiro atoms. The Bertz CT molecular complexity index is 470. The molecule has 3 aliphatic rings. The van der Waals surface area contributed by atoms with Crippen molar-refractivity contribution in [1.82, 2.24) is 0 Å². The number of nitriles is 2. The molecule has 2 nitrogen and oxygen atoms in total. The summed E-state index contributed by atoms with van der Waals surface area (Å²) < 4.78 is 0. The minimum absolute atomic E-state index is 0.0599. The van der Waals surface area contributed by atoms with E-state index < -0.39 is 0 Å². The molecule has 2 bridgehead atoms. The lowest BCUT2D eigenvalue weighted by atomic mass is 9.63. The molecular weight excluding hydrogens is 196 g/mol. The molecule has 0 heterocycles. The SMILES string of the molecule is CC1=C(C)C2C(C)=C(C)C1C(C#N)=C2C#N. The lowest BCUT2D eigenvalue weighted by Gasteiger charge is -2.39. The molecule has 0 aromatic rings. The molecule has 2 heteroatoms. The maximum Gasteiger partial charge on any atom is 0.0967 e. The molecule has 3 rings (SSSR count). The van der Waals surface area contributed by atoms with Gasteiger partial charge in [0.05, 0.1) is 23.3 Å². The van der Waals surface area contributed by atoms with Crippen LogP contribution in [0.25, 0.3) is 0 Å². The van der Waals surface area contributed by atoms with Crippen LogP contribution in [0.1, 0.15) is 27.7 Å². The topological polar surface area (TPSA) is 47.6 Å². The fraction of sp³-hybridized carbons (Fsp3) is 0.429.